The lowest BCUT2D eigenvalue weighted by Crippen LogP contribution is -2.41. The molecule has 2 amide bonds. The molecule has 0 aliphatic heterocycles. The van der Waals surface area contributed by atoms with Crippen LogP contribution in [-0.4, -0.2) is 64.2 Å². The predicted octanol–water partition coefficient (Wildman–Crippen LogP) is 5.14. The second-order valence-corrected chi connectivity index (χ2v) is 11.3. The van der Waals surface area contributed by atoms with Crippen molar-refractivity contribution in [2.24, 2.45) is 11.8 Å². The average Bonchev–Trinajstić information content (AvgIpc) is 3.54. The van der Waals surface area contributed by atoms with Crippen LogP contribution in [0.25, 0.3) is 11.1 Å². The fourth-order valence-electron chi connectivity index (χ4n) is 5.95. The third-order valence-electron chi connectivity index (χ3n) is 7.84. The van der Waals surface area contributed by atoms with Gasteiger partial charge in [0.2, 0.25) is 23.8 Å². The molecule has 2 aliphatic carbocycles. The highest BCUT2D eigenvalue weighted by molar-refractivity contribution is 6.30. The lowest BCUT2D eigenvalue weighted by Gasteiger charge is -2.26. The van der Waals surface area contributed by atoms with Crippen LogP contribution < -0.4 is 10.6 Å². The molecule has 0 radical (unpaired) electrons. The van der Waals surface area contributed by atoms with Gasteiger partial charge in [-0.15, -0.1) is 0 Å². The van der Waals surface area contributed by atoms with Crippen molar-refractivity contribution < 1.29 is 18.8 Å². The maximum Gasteiger partial charge on any atom is 0.294 e. The Morgan fingerprint density at radius 1 is 1.08 bits per heavy atom. The molecule has 2 fully saturated rings. The summed E-state index contributed by atoms with van der Waals surface area (Å²) >= 11 is 5.89. The van der Waals surface area contributed by atoms with Gasteiger partial charge in [-0.1, -0.05) is 11.6 Å². The van der Waals surface area contributed by atoms with Gasteiger partial charge in [-0.05, 0) is 64.0 Å². The van der Waals surface area contributed by atoms with E-state index in [4.69, 9.17) is 16.0 Å². The summed E-state index contributed by atoms with van der Waals surface area (Å²) in [6, 6.07) is 6.57. The van der Waals surface area contributed by atoms with Crippen LogP contribution in [0.4, 0.5) is 11.5 Å². The molecule has 3 heterocycles. The minimum Gasteiger partial charge on any atom is -0.447 e. The number of nitrogens with zero attached hydrogens (tertiary/aromatic N) is 4. The number of aromatic nitrogens is 2. The van der Waals surface area contributed by atoms with Gasteiger partial charge in [0.15, 0.2) is 5.58 Å². The van der Waals surface area contributed by atoms with Crippen LogP contribution in [0.1, 0.15) is 55.5 Å². The fraction of sp³-hybridized carbons (Fsp3) is 0.500. The molecular weight excluding hydrogens is 520 g/mol. The van der Waals surface area contributed by atoms with E-state index < -0.39 is 5.91 Å². The van der Waals surface area contributed by atoms with Gasteiger partial charge in [0.05, 0.1) is 5.02 Å². The van der Waals surface area contributed by atoms with E-state index in [0.717, 1.165) is 25.8 Å². The molecule has 2 unspecified atom stereocenters. The van der Waals surface area contributed by atoms with E-state index in [0.29, 0.717) is 53.5 Å². The van der Waals surface area contributed by atoms with Crippen molar-refractivity contribution >= 4 is 46.0 Å². The molecule has 0 bridgehead atoms. The minimum atomic E-state index is -0.562. The molecule has 2 saturated carbocycles. The molecule has 0 spiro atoms. The zero-order chi connectivity index (χ0) is 27.5. The topological polar surface area (TPSA) is 120 Å². The van der Waals surface area contributed by atoms with E-state index in [-0.39, 0.29) is 35.4 Å². The first-order chi connectivity index (χ1) is 18.8. The summed E-state index contributed by atoms with van der Waals surface area (Å²) in [4.78, 5) is 50.3. The zero-order valence-electron chi connectivity index (χ0n) is 22.2. The Hall–Kier alpha value is -3.37. The Balaban J connectivity index is 1.25. The Bertz CT molecular complexity index is 1350. The van der Waals surface area contributed by atoms with Crippen LogP contribution in [0.2, 0.25) is 5.02 Å². The number of carbonyl (C=O) groups excluding carboxylic acids is 2. The van der Waals surface area contributed by atoms with Gasteiger partial charge in [0, 0.05) is 59.7 Å². The Morgan fingerprint density at radius 3 is 2.59 bits per heavy atom. The van der Waals surface area contributed by atoms with Crippen molar-refractivity contribution in [1.29, 1.82) is 0 Å². The molecule has 206 valence electrons. The Morgan fingerprint density at radius 2 is 1.87 bits per heavy atom. The molecule has 0 saturated heterocycles. The van der Waals surface area contributed by atoms with Crippen LogP contribution in [0.3, 0.4) is 0 Å². The van der Waals surface area contributed by atoms with Gasteiger partial charge < -0.3 is 20.0 Å². The number of nitroso groups, excluding NO2 is 1. The van der Waals surface area contributed by atoms with E-state index in [1.165, 1.54) is 11.0 Å². The zero-order valence-corrected chi connectivity index (χ0v) is 23.0. The van der Waals surface area contributed by atoms with Crippen LogP contribution in [0.15, 0.2) is 41.1 Å². The molecule has 10 nitrogen and oxygen atoms in total. The second-order valence-electron chi connectivity index (χ2n) is 10.8. The molecule has 11 heteroatoms. The van der Waals surface area contributed by atoms with Crippen LogP contribution in [0.5, 0.6) is 0 Å². The highest BCUT2D eigenvalue weighted by Crippen LogP contribution is 2.35. The number of rotatable bonds is 8. The predicted molar refractivity (Wildman–Crippen MR) is 149 cm³/mol. The molecule has 39 heavy (non-hydrogen) atoms. The number of furan rings is 1. The van der Waals surface area contributed by atoms with Crippen LogP contribution in [-0.2, 0) is 4.79 Å². The first-order valence-electron chi connectivity index (χ1n) is 13.5. The maximum atomic E-state index is 13.3. The lowest BCUT2D eigenvalue weighted by molar-refractivity contribution is -0.628. The summed E-state index contributed by atoms with van der Waals surface area (Å²) in [7, 11) is 4.10. The minimum absolute atomic E-state index is 0.0543. The van der Waals surface area contributed by atoms with Gasteiger partial charge in [-0.2, -0.15) is 0 Å². The fourth-order valence-corrected chi connectivity index (χ4v) is 6.06. The summed E-state index contributed by atoms with van der Waals surface area (Å²) in [5, 5.41) is 6.03. The standard InChI is InChI=1S/C28H33ClN6O4/c1-34(2)16-18-5-3-6-21(18)35(38)20-11-8-17(9-12-20)27(36)33-25-24-22(7-4-14-30-24)39-26(25)28(37)32-23-13-10-19(29)15-31-23/h4,7,10,13-15,17-18,20-21H,3,5-6,8-9,11-12,16H2,1-2H3,(H-,31,32,33,36,37)/p+1. The molecule has 2 N–H and O–H groups in total. The number of amides is 2. The Kier molecular flexibility index (Phi) is 8.23. The molecule has 2 aliphatic rings. The summed E-state index contributed by atoms with van der Waals surface area (Å²) in [5.41, 5.74) is 1.01. The summed E-state index contributed by atoms with van der Waals surface area (Å²) in [6.45, 7) is 0.928. The smallest absolute Gasteiger partial charge is 0.294 e. The summed E-state index contributed by atoms with van der Waals surface area (Å²) < 4.78 is 7.14. The van der Waals surface area contributed by atoms with Crippen molar-refractivity contribution in [2.45, 2.75) is 57.0 Å². The number of halogens is 1. The van der Waals surface area contributed by atoms with Crippen molar-refractivity contribution in [2.75, 3.05) is 31.3 Å². The van der Waals surface area contributed by atoms with E-state index >= 15 is 0 Å². The third-order valence-corrected chi connectivity index (χ3v) is 8.07. The van der Waals surface area contributed by atoms with Crippen molar-refractivity contribution in [1.82, 2.24) is 14.9 Å². The summed E-state index contributed by atoms with van der Waals surface area (Å²) in [5.74, 6) is -0.393. The highest BCUT2D eigenvalue weighted by Gasteiger charge is 2.44. The van der Waals surface area contributed by atoms with Gasteiger partial charge in [-0.3, -0.25) is 14.6 Å². The number of fused-ring (bicyclic) bond motifs is 1. The quantitative estimate of drug-likeness (QED) is 0.371. The van der Waals surface area contributed by atoms with Crippen molar-refractivity contribution in [3.63, 3.8) is 0 Å². The normalized spacial score (nSPS) is 23.2. The molecule has 3 aromatic heterocycles. The van der Waals surface area contributed by atoms with E-state index in [9.17, 15) is 14.5 Å². The van der Waals surface area contributed by atoms with Crippen molar-refractivity contribution in [3.05, 3.63) is 52.3 Å². The van der Waals surface area contributed by atoms with Gasteiger partial charge in [-0.25, -0.2) is 4.98 Å². The van der Waals surface area contributed by atoms with E-state index in [1.807, 2.05) is 0 Å². The Labute approximate surface area is 232 Å². The van der Waals surface area contributed by atoms with Crippen LogP contribution >= 0.6 is 11.6 Å². The molecule has 3 aromatic rings. The van der Waals surface area contributed by atoms with Gasteiger partial charge in [0.25, 0.3) is 5.91 Å². The molecule has 0 aromatic carbocycles. The monoisotopic (exact) mass is 553 g/mol. The van der Waals surface area contributed by atoms with E-state index in [2.05, 4.69) is 39.6 Å². The third kappa shape index (κ3) is 6.12. The maximum absolute atomic E-state index is 13.3. The highest BCUT2D eigenvalue weighted by atomic mass is 35.5. The van der Waals surface area contributed by atoms with Gasteiger partial charge in [0.1, 0.15) is 17.0 Å². The largest absolute Gasteiger partial charge is 0.447 e. The lowest BCUT2D eigenvalue weighted by atomic mass is 9.84. The first kappa shape index (κ1) is 27.2. The number of nitrogens with one attached hydrogen (secondary N) is 2. The molecule has 2 atom stereocenters. The van der Waals surface area contributed by atoms with Crippen molar-refractivity contribution in [3.8, 4) is 0 Å². The summed E-state index contributed by atoms with van der Waals surface area (Å²) in [6.07, 6.45) is 8.70. The molecular formula is C28H34ClN6O4+. The first-order valence-corrected chi connectivity index (χ1v) is 13.9. The number of carbonyl (C=O) groups is 2. The van der Waals surface area contributed by atoms with Crippen LogP contribution in [0, 0.1) is 16.7 Å². The van der Waals surface area contributed by atoms with Gasteiger partial charge >= 0.3 is 0 Å². The molecule has 5 rings (SSSR count). The number of hydrogen-bond donors (Lipinski definition) is 2. The number of anilines is 2. The SMILES string of the molecule is CN(C)CC1CCCC1[N+](=O)C1CCC(C(=O)Nc2c(C(=O)Nc3ccc(Cl)cn3)oc3cccnc23)CC1. The number of pyridine rings is 2. The number of hydrogen-bond acceptors (Lipinski definition) is 7. The van der Waals surface area contributed by atoms with E-state index in [1.54, 1.807) is 30.5 Å². The average molecular weight is 554 g/mol. The second kappa shape index (κ2) is 11.8.